The van der Waals surface area contributed by atoms with Crippen LogP contribution in [0.15, 0.2) is 59.5 Å². The number of halogens is 1. The first kappa shape index (κ1) is 22.0. The Morgan fingerprint density at radius 1 is 1.04 bits per heavy atom. The van der Waals surface area contributed by atoms with Crippen LogP contribution in [0.4, 0.5) is 11.4 Å². The van der Waals surface area contributed by atoms with Crippen molar-refractivity contribution in [3.05, 3.63) is 54.6 Å². The second-order valence-corrected chi connectivity index (χ2v) is 7.91. The van der Waals surface area contributed by atoms with E-state index >= 15 is 0 Å². The van der Waals surface area contributed by atoms with Gasteiger partial charge in [0.25, 0.3) is 10.0 Å². The van der Waals surface area contributed by atoms with E-state index in [1.807, 2.05) is 13.8 Å². The van der Waals surface area contributed by atoms with Crippen LogP contribution in [-0.4, -0.2) is 20.4 Å². The van der Waals surface area contributed by atoms with Crippen LogP contribution in [0.3, 0.4) is 0 Å². The maximum Gasteiger partial charge on any atom is 0.261 e. The molecule has 0 aliphatic rings. The van der Waals surface area contributed by atoms with E-state index in [-0.39, 0.29) is 23.2 Å². The second-order valence-electron chi connectivity index (χ2n) is 6.22. The normalized spacial score (nSPS) is 12.2. The number of nitrogens with two attached hydrogens (primary N) is 1. The first-order chi connectivity index (χ1) is 11.8. The predicted molar refractivity (Wildman–Crippen MR) is 107 cm³/mol. The highest BCUT2D eigenvalue weighted by molar-refractivity contribution is 7.92. The zero-order chi connectivity index (χ0) is 18.4. The maximum absolute atomic E-state index is 12.5. The van der Waals surface area contributed by atoms with Gasteiger partial charge >= 0.3 is 0 Å². The van der Waals surface area contributed by atoms with Crippen molar-refractivity contribution in [1.29, 1.82) is 0 Å². The number of carbonyl (C=O) groups excluding carboxylic acids is 1. The van der Waals surface area contributed by atoms with E-state index in [9.17, 15) is 13.2 Å². The molecule has 26 heavy (non-hydrogen) atoms. The van der Waals surface area contributed by atoms with Crippen molar-refractivity contribution in [2.24, 2.45) is 11.7 Å². The summed E-state index contributed by atoms with van der Waals surface area (Å²) >= 11 is 0. The number of hydrogen-bond donors (Lipinski definition) is 3. The van der Waals surface area contributed by atoms with Gasteiger partial charge in [0, 0.05) is 11.4 Å². The molecule has 0 heterocycles. The minimum atomic E-state index is -3.74. The molecule has 0 saturated heterocycles. The molecule has 0 fully saturated rings. The molecule has 0 bridgehead atoms. The Kier molecular flexibility index (Phi) is 8.08. The lowest BCUT2D eigenvalue weighted by Gasteiger charge is -2.15. The Balaban J connectivity index is 0.00000338. The summed E-state index contributed by atoms with van der Waals surface area (Å²) in [7, 11) is -3.74. The predicted octanol–water partition coefficient (Wildman–Crippen LogP) is 3.22. The van der Waals surface area contributed by atoms with Gasteiger partial charge in [0.15, 0.2) is 0 Å². The molecule has 0 unspecified atom stereocenters. The molecule has 6 nitrogen and oxygen atoms in total. The van der Waals surface area contributed by atoms with Crippen LogP contribution in [0.5, 0.6) is 0 Å². The fourth-order valence-corrected chi connectivity index (χ4v) is 3.42. The number of sulfonamides is 1. The van der Waals surface area contributed by atoms with Gasteiger partial charge < -0.3 is 11.1 Å². The molecule has 0 saturated carbocycles. The highest BCUT2D eigenvalue weighted by Crippen LogP contribution is 2.19. The van der Waals surface area contributed by atoms with Crippen LogP contribution in [0.2, 0.25) is 0 Å². The fourth-order valence-electron chi connectivity index (χ4n) is 2.31. The van der Waals surface area contributed by atoms with Crippen molar-refractivity contribution in [2.75, 3.05) is 10.0 Å². The van der Waals surface area contributed by atoms with Gasteiger partial charge in [-0.2, -0.15) is 0 Å². The zero-order valence-corrected chi connectivity index (χ0v) is 16.3. The van der Waals surface area contributed by atoms with Gasteiger partial charge in [-0.25, -0.2) is 8.42 Å². The van der Waals surface area contributed by atoms with Gasteiger partial charge in [0.1, 0.15) is 0 Å². The summed E-state index contributed by atoms with van der Waals surface area (Å²) in [5, 5.41) is 2.67. The molecular weight excluding hydrogens is 374 g/mol. The smallest absolute Gasteiger partial charge is 0.261 e. The molecule has 0 spiro atoms. The summed E-state index contributed by atoms with van der Waals surface area (Å²) in [6.07, 6.45) is 0.555. The highest BCUT2D eigenvalue weighted by atomic mass is 35.5. The fraction of sp³-hybridized carbons (Fsp3) is 0.278. The molecule has 1 atom stereocenters. The number of hydrogen-bond acceptors (Lipinski definition) is 4. The number of carbonyl (C=O) groups is 1. The number of anilines is 2. The van der Waals surface area contributed by atoms with Gasteiger partial charge in [-0.15, -0.1) is 12.4 Å². The molecule has 8 heteroatoms. The Morgan fingerprint density at radius 2 is 1.65 bits per heavy atom. The van der Waals surface area contributed by atoms with Crippen LogP contribution in [0, 0.1) is 5.92 Å². The molecule has 2 rings (SSSR count). The summed E-state index contributed by atoms with van der Waals surface area (Å²) in [4.78, 5) is 12.2. The SMILES string of the molecule is CC(C)C[C@H](N)C(=O)Nc1cccc(S(=O)(=O)Nc2ccccc2)c1.Cl. The average Bonchev–Trinajstić information content (AvgIpc) is 2.55. The zero-order valence-electron chi connectivity index (χ0n) is 14.7. The van der Waals surface area contributed by atoms with Crippen LogP contribution >= 0.6 is 12.4 Å². The molecule has 0 aliphatic heterocycles. The third-order valence-electron chi connectivity index (χ3n) is 3.50. The van der Waals surface area contributed by atoms with Crippen LogP contribution < -0.4 is 15.8 Å². The second kappa shape index (κ2) is 9.56. The van der Waals surface area contributed by atoms with Gasteiger partial charge in [-0.3, -0.25) is 9.52 Å². The summed E-state index contributed by atoms with van der Waals surface area (Å²) < 4.78 is 27.4. The Bertz CT molecular complexity index is 827. The van der Waals surface area contributed by atoms with E-state index in [0.717, 1.165) is 0 Å². The van der Waals surface area contributed by atoms with Crippen molar-refractivity contribution in [3.8, 4) is 0 Å². The Hall–Kier alpha value is -2.09. The van der Waals surface area contributed by atoms with Crippen LogP contribution in [0.25, 0.3) is 0 Å². The van der Waals surface area contributed by atoms with Crippen molar-refractivity contribution in [1.82, 2.24) is 0 Å². The lowest BCUT2D eigenvalue weighted by Crippen LogP contribution is -2.36. The summed E-state index contributed by atoms with van der Waals surface area (Å²) in [6, 6.07) is 14.0. The van der Waals surface area contributed by atoms with E-state index in [1.54, 1.807) is 42.5 Å². The minimum absolute atomic E-state index is 0. The van der Waals surface area contributed by atoms with Crippen LogP contribution in [0.1, 0.15) is 20.3 Å². The van der Waals surface area contributed by atoms with Crippen molar-refractivity contribution >= 4 is 39.7 Å². The number of nitrogens with one attached hydrogen (secondary N) is 2. The molecule has 4 N–H and O–H groups in total. The molecule has 0 aromatic heterocycles. The van der Waals surface area contributed by atoms with E-state index in [2.05, 4.69) is 10.0 Å². The van der Waals surface area contributed by atoms with Gasteiger partial charge in [-0.1, -0.05) is 38.1 Å². The maximum atomic E-state index is 12.5. The summed E-state index contributed by atoms with van der Waals surface area (Å²) in [5.74, 6) is -0.0400. The largest absolute Gasteiger partial charge is 0.325 e. The molecule has 142 valence electrons. The van der Waals surface area contributed by atoms with Gasteiger partial charge in [-0.05, 0) is 42.7 Å². The number of amides is 1. The molecule has 2 aromatic rings. The van der Waals surface area contributed by atoms with Crippen molar-refractivity contribution in [2.45, 2.75) is 31.2 Å². The number of para-hydroxylation sites is 1. The average molecular weight is 398 g/mol. The topological polar surface area (TPSA) is 101 Å². The summed E-state index contributed by atoms with van der Waals surface area (Å²) in [6.45, 7) is 3.96. The van der Waals surface area contributed by atoms with E-state index in [1.165, 1.54) is 12.1 Å². The van der Waals surface area contributed by atoms with Crippen molar-refractivity contribution < 1.29 is 13.2 Å². The van der Waals surface area contributed by atoms with Gasteiger partial charge in [0.2, 0.25) is 5.91 Å². The van der Waals surface area contributed by atoms with E-state index in [4.69, 9.17) is 5.73 Å². The molecule has 2 aromatic carbocycles. The summed E-state index contributed by atoms with van der Waals surface area (Å²) in [5.41, 5.74) is 6.71. The Morgan fingerprint density at radius 3 is 2.27 bits per heavy atom. The number of rotatable bonds is 7. The molecule has 0 aliphatic carbocycles. The third kappa shape index (κ3) is 6.33. The third-order valence-corrected chi connectivity index (χ3v) is 4.88. The van der Waals surface area contributed by atoms with Crippen molar-refractivity contribution in [3.63, 3.8) is 0 Å². The molecular formula is C18H24ClN3O3S. The lowest BCUT2D eigenvalue weighted by atomic mass is 10.0. The van der Waals surface area contributed by atoms with Crippen LogP contribution in [-0.2, 0) is 14.8 Å². The Labute approximate surface area is 160 Å². The van der Waals surface area contributed by atoms with E-state index < -0.39 is 16.1 Å². The lowest BCUT2D eigenvalue weighted by molar-refractivity contribution is -0.117. The highest BCUT2D eigenvalue weighted by Gasteiger charge is 2.18. The molecule has 0 radical (unpaired) electrons. The first-order valence-corrected chi connectivity index (χ1v) is 9.50. The minimum Gasteiger partial charge on any atom is -0.325 e. The first-order valence-electron chi connectivity index (χ1n) is 8.02. The number of benzene rings is 2. The van der Waals surface area contributed by atoms with E-state index in [0.29, 0.717) is 23.7 Å². The quantitative estimate of drug-likeness (QED) is 0.667. The molecule has 1 amide bonds. The standard InChI is InChI=1S/C18H23N3O3S.ClH/c1-13(2)11-17(19)18(22)20-15-9-6-10-16(12-15)25(23,24)21-14-7-4-3-5-8-14;/h3-10,12-13,17,21H,11,19H2,1-2H3,(H,20,22);1H/t17-;/m0./s1. The monoisotopic (exact) mass is 397 g/mol. The van der Waals surface area contributed by atoms with Gasteiger partial charge in [0.05, 0.1) is 10.9 Å².